The van der Waals surface area contributed by atoms with Crippen molar-refractivity contribution in [3.8, 4) is 0 Å². The van der Waals surface area contributed by atoms with Gasteiger partial charge in [-0.05, 0) is 110 Å². The second-order valence-electron chi connectivity index (χ2n) is 11.9. The highest BCUT2D eigenvalue weighted by atomic mass is 16.3. The van der Waals surface area contributed by atoms with E-state index in [-0.39, 0.29) is 6.10 Å². The molecule has 0 heterocycles. The normalized spacial score (nSPS) is 50.6. The van der Waals surface area contributed by atoms with Crippen LogP contribution in [0.25, 0.3) is 0 Å². The molecule has 0 amide bonds. The van der Waals surface area contributed by atoms with Crippen LogP contribution in [0.5, 0.6) is 0 Å². The van der Waals surface area contributed by atoms with Gasteiger partial charge in [0.25, 0.3) is 0 Å². The van der Waals surface area contributed by atoms with E-state index in [1.165, 1.54) is 51.4 Å². The lowest BCUT2D eigenvalue weighted by Crippen LogP contribution is -2.54. The van der Waals surface area contributed by atoms with Gasteiger partial charge in [0.1, 0.15) is 0 Å². The maximum absolute atomic E-state index is 10.2. The predicted octanol–water partition coefficient (Wildman–Crippen LogP) is 7.24. The summed E-state index contributed by atoms with van der Waals surface area (Å²) in [5, 5.41) is 10.2. The van der Waals surface area contributed by atoms with Crippen LogP contribution in [0.3, 0.4) is 0 Å². The first-order chi connectivity index (χ1) is 13.3. The number of fused-ring (bicyclic) bond motifs is 5. The molecule has 4 aliphatic rings. The summed E-state index contributed by atoms with van der Waals surface area (Å²) in [7, 11) is 0. The molecular weight excluding hydrogens is 340 g/mol. The monoisotopic (exact) mass is 386 g/mol. The van der Waals surface area contributed by atoms with Crippen LogP contribution in [0.15, 0.2) is 12.2 Å². The standard InChI is InChI=1S/C27H46O/c1-6-18(2)7-8-19(3)23-11-12-24-22-10-9-20-17-21(28)13-15-26(20,4)25(22)14-16-27(23,24)5/h7-8,18-25,28H,6,9-17H2,1-5H3/b8-7+/t18-,19+,20-,21+,22-,23+,24-,25-,26-,27+/m0/s1. The number of aliphatic hydroxyl groups excluding tert-OH is 1. The molecule has 4 fully saturated rings. The van der Waals surface area contributed by atoms with E-state index < -0.39 is 0 Å². The van der Waals surface area contributed by atoms with Crippen molar-refractivity contribution in [2.45, 2.75) is 105 Å². The van der Waals surface area contributed by atoms with E-state index in [2.05, 4.69) is 46.8 Å². The van der Waals surface area contributed by atoms with E-state index in [4.69, 9.17) is 0 Å². The van der Waals surface area contributed by atoms with Gasteiger partial charge in [0.15, 0.2) is 0 Å². The van der Waals surface area contributed by atoms with Crippen molar-refractivity contribution in [2.75, 3.05) is 0 Å². The van der Waals surface area contributed by atoms with Crippen LogP contribution in [0.4, 0.5) is 0 Å². The fraction of sp³-hybridized carbons (Fsp3) is 0.926. The molecule has 1 nitrogen and oxygen atoms in total. The van der Waals surface area contributed by atoms with Crippen LogP contribution in [0.2, 0.25) is 0 Å². The first-order valence-electron chi connectivity index (χ1n) is 12.7. The topological polar surface area (TPSA) is 20.2 Å². The fourth-order valence-corrected chi connectivity index (χ4v) is 8.77. The van der Waals surface area contributed by atoms with E-state index in [0.717, 1.165) is 54.3 Å². The largest absolute Gasteiger partial charge is 0.393 e. The number of hydrogen-bond donors (Lipinski definition) is 1. The van der Waals surface area contributed by atoms with Gasteiger partial charge >= 0.3 is 0 Å². The molecule has 0 aliphatic heterocycles. The smallest absolute Gasteiger partial charge is 0.0543 e. The van der Waals surface area contributed by atoms with E-state index in [1.807, 2.05) is 0 Å². The van der Waals surface area contributed by atoms with Crippen molar-refractivity contribution in [3.63, 3.8) is 0 Å². The Morgan fingerprint density at radius 1 is 0.893 bits per heavy atom. The highest BCUT2D eigenvalue weighted by molar-refractivity contribution is 5.11. The Bertz CT molecular complexity index is 581. The Kier molecular flexibility index (Phi) is 5.80. The number of allylic oxidation sites excluding steroid dienone is 2. The van der Waals surface area contributed by atoms with E-state index in [9.17, 15) is 5.11 Å². The first kappa shape index (κ1) is 21.0. The Morgan fingerprint density at radius 3 is 2.36 bits per heavy atom. The zero-order valence-electron chi connectivity index (χ0n) is 19.3. The number of aliphatic hydroxyl groups is 1. The van der Waals surface area contributed by atoms with Crippen molar-refractivity contribution >= 4 is 0 Å². The van der Waals surface area contributed by atoms with Gasteiger partial charge in [-0.2, -0.15) is 0 Å². The third-order valence-corrected chi connectivity index (χ3v) is 10.7. The zero-order valence-corrected chi connectivity index (χ0v) is 19.3. The SMILES string of the molecule is CC[C@H](C)/C=C/[C@@H](C)[C@H]1CC[C@H]2[C@@H]3CC[C@H]4C[C@H](O)CC[C@]4(C)[C@H]3CC[C@]12C. The average molecular weight is 387 g/mol. The minimum atomic E-state index is -0.0162. The summed E-state index contributed by atoms with van der Waals surface area (Å²) in [5.74, 6) is 5.99. The maximum atomic E-state index is 10.2. The summed E-state index contributed by atoms with van der Waals surface area (Å²) in [6.45, 7) is 12.5. The summed E-state index contributed by atoms with van der Waals surface area (Å²) in [4.78, 5) is 0. The van der Waals surface area contributed by atoms with E-state index in [1.54, 1.807) is 0 Å². The van der Waals surface area contributed by atoms with Gasteiger partial charge in [-0.15, -0.1) is 0 Å². The molecular formula is C27H46O. The van der Waals surface area contributed by atoms with Gasteiger partial charge in [-0.3, -0.25) is 0 Å². The van der Waals surface area contributed by atoms with Crippen LogP contribution < -0.4 is 0 Å². The van der Waals surface area contributed by atoms with Crippen molar-refractivity contribution in [3.05, 3.63) is 12.2 Å². The third-order valence-electron chi connectivity index (χ3n) is 10.7. The minimum Gasteiger partial charge on any atom is -0.393 e. The molecule has 1 heteroatoms. The predicted molar refractivity (Wildman–Crippen MR) is 119 cm³/mol. The molecule has 1 N–H and O–H groups in total. The van der Waals surface area contributed by atoms with Crippen molar-refractivity contribution in [2.24, 2.45) is 52.3 Å². The minimum absolute atomic E-state index is 0.0162. The van der Waals surface area contributed by atoms with Gasteiger partial charge in [0.2, 0.25) is 0 Å². The van der Waals surface area contributed by atoms with E-state index >= 15 is 0 Å². The van der Waals surface area contributed by atoms with Crippen LogP contribution in [0.1, 0.15) is 98.8 Å². The number of hydrogen-bond acceptors (Lipinski definition) is 1. The summed E-state index contributed by atoms with van der Waals surface area (Å²) in [6.07, 6.45) is 18.4. The first-order valence-corrected chi connectivity index (χ1v) is 12.7. The molecule has 0 saturated heterocycles. The summed E-state index contributed by atoms with van der Waals surface area (Å²) >= 11 is 0. The zero-order chi connectivity index (χ0) is 20.1. The van der Waals surface area contributed by atoms with Crippen LogP contribution in [-0.4, -0.2) is 11.2 Å². The molecule has 4 saturated carbocycles. The lowest BCUT2D eigenvalue weighted by molar-refractivity contribution is -0.128. The molecule has 4 rings (SSSR count). The lowest BCUT2D eigenvalue weighted by atomic mass is 9.44. The van der Waals surface area contributed by atoms with Crippen LogP contribution in [-0.2, 0) is 0 Å². The van der Waals surface area contributed by atoms with Gasteiger partial charge in [0, 0.05) is 0 Å². The molecule has 10 atom stereocenters. The van der Waals surface area contributed by atoms with E-state index in [0.29, 0.717) is 10.8 Å². The second kappa shape index (κ2) is 7.75. The molecule has 0 bridgehead atoms. The Labute approximate surface area is 174 Å². The average Bonchev–Trinajstić information content (AvgIpc) is 3.03. The Balaban J connectivity index is 1.51. The molecule has 160 valence electrons. The summed E-state index contributed by atoms with van der Waals surface area (Å²) < 4.78 is 0. The molecule has 0 aromatic heterocycles. The van der Waals surface area contributed by atoms with Gasteiger partial charge in [-0.1, -0.05) is 53.2 Å². The summed E-state index contributed by atoms with van der Waals surface area (Å²) in [6, 6.07) is 0. The van der Waals surface area contributed by atoms with Crippen molar-refractivity contribution < 1.29 is 5.11 Å². The quantitative estimate of drug-likeness (QED) is 0.505. The molecule has 0 radical (unpaired) electrons. The molecule has 0 aromatic rings. The number of rotatable bonds is 4. The molecule has 28 heavy (non-hydrogen) atoms. The lowest BCUT2D eigenvalue weighted by Gasteiger charge is -2.61. The highest BCUT2D eigenvalue weighted by Gasteiger charge is 2.60. The Morgan fingerprint density at radius 2 is 1.61 bits per heavy atom. The Hall–Kier alpha value is -0.300. The van der Waals surface area contributed by atoms with Crippen LogP contribution >= 0.6 is 0 Å². The van der Waals surface area contributed by atoms with Crippen molar-refractivity contribution in [1.29, 1.82) is 0 Å². The molecule has 0 aromatic carbocycles. The van der Waals surface area contributed by atoms with Gasteiger partial charge < -0.3 is 5.11 Å². The third kappa shape index (κ3) is 3.32. The van der Waals surface area contributed by atoms with Crippen molar-refractivity contribution in [1.82, 2.24) is 0 Å². The molecule has 4 aliphatic carbocycles. The van der Waals surface area contributed by atoms with Crippen LogP contribution in [0, 0.1) is 52.3 Å². The molecule has 0 spiro atoms. The van der Waals surface area contributed by atoms with Gasteiger partial charge in [-0.25, -0.2) is 0 Å². The fourth-order valence-electron chi connectivity index (χ4n) is 8.77. The second-order valence-corrected chi connectivity index (χ2v) is 11.9. The molecule has 0 unspecified atom stereocenters. The highest BCUT2D eigenvalue weighted by Crippen LogP contribution is 2.68. The van der Waals surface area contributed by atoms with Gasteiger partial charge in [0.05, 0.1) is 6.10 Å². The maximum Gasteiger partial charge on any atom is 0.0543 e. The summed E-state index contributed by atoms with van der Waals surface area (Å²) in [5.41, 5.74) is 1.08.